The quantitative estimate of drug-likeness (QED) is 0.708. The predicted molar refractivity (Wildman–Crippen MR) is 81.9 cm³/mol. The first-order valence-electron chi connectivity index (χ1n) is 6.74. The van der Waals surface area contributed by atoms with Crippen LogP contribution in [-0.4, -0.2) is 28.9 Å². The molecule has 0 atom stereocenters. The van der Waals surface area contributed by atoms with E-state index >= 15 is 0 Å². The number of primary sulfonamides is 1. The molecule has 3 N–H and O–H groups in total. The summed E-state index contributed by atoms with van der Waals surface area (Å²) in [5, 5.41) is 11.6. The van der Waals surface area contributed by atoms with Gasteiger partial charge in [-0.05, 0) is 24.3 Å². The van der Waals surface area contributed by atoms with E-state index in [0.717, 1.165) is 18.2 Å². The first-order chi connectivity index (χ1) is 11.4. The van der Waals surface area contributed by atoms with E-state index in [4.69, 9.17) is 5.14 Å². The summed E-state index contributed by atoms with van der Waals surface area (Å²) in [6.45, 7) is 0.0540. The number of nitrogens with zero attached hydrogens (tertiary/aromatic N) is 3. The van der Waals surface area contributed by atoms with Crippen molar-refractivity contribution >= 4 is 21.6 Å². The molecule has 0 fully saturated rings. The average molecular weight is 349 g/mol. The van der Waals surface area contributed by atoms with Crippen LogP contribution in [0.2, 0.25) is 0 Å². The van der Waals surface area contributed by atoms with Gasteiger partial charge in [0, 0.05) is 24.5 Å². The Hall–Kier alpha value is -2.85. The van der Waals surface area contributed by atoms with Crippen LogP contribution in [0.15, 0.2) is 47.8 Å². The Morgan fingerprint density at radius 3 is 2.92 bits per heavy atom. The largest absolute Gasteiger partial charge is 0.348 e. The lowest BCUT2D eigenvalue weighted by Crippen LogP contribution is -2.24. The average Bonchev–Trinajstić information content (AvgIpc) is 2.95. The fourth-order valence-corrected chi connectivity index (χ4v) is 2.67. The van der Waals surface area contributed by atoms with Crippen LogP contribution in [0, 0.1) is 5.82 Å². The van der Waals surface area contributed by atoms with Gasteiger partial charge in [0.25, 0.3) is 5.91 Å². The van der Waals surface area contributed by atoms with E-state index < -0.39 is 27.3 Å². The van der Waals surface area contributed by atoms with Crippen molar-refractivity contribution in [1.82, 2.24) is 19.9 Å². The fraction of sp³-hybridized carbons (Fsp3) is 0.0714. The Labute approximate surface area is 136 Å². The molecule has 3 aromatic rings. The van der Waals surface area contributed by atoms with Gasteiger partial charge in [0.1, 0.15) is 5.82 Å². The van der Waals surface area contributed by atoms with E-state index in [-0.39, 0.29) is 11.4 Å². The monoisotopic (exact) mass is 349 g/mol. The smallest absolute Gasteiger partial charge is 0.254 e. The number of rotatable bonds is 4. The molecular formula is C14H12FN5O3S. The van der Waals surface area contributed by atoms with Gasteiger partial charge in [-0.1, -0.05) is 0 Å². The molecular weight excluding hydrogens is 337 g/mol. The Morgan fingerprint density at radius 2 is 2.17 bits per heavy atom. The Bertz CT molecular complexity index is 1030. The lowest BCUT2D eigenvalue weighted by molar-refractivity contribution is 0.0947. The van der Waals surface area contributed by atoms with Gasteiger partial charge in [-0.25, -0.2) is 27.4 Å². The van der Waals surface area contributed by atoms with Gasteiger partial charge in [-0.15, -0.1) is 0 Å². The molecule has 8 nitrogen and oxygen atoms in total. The molecule has 0 saturated heterocycles. The van der Waals surface area contributed by atoms with E-state index in [1.165, 1.54) is 10.7 Å². The number of sulfonamides is 1. The topological polar surface area (TPSA) is 119 Å². The van der Waals surface area contributed by atoms with Crippen LogP contribution in [0.25, 0.3) is 5.65 Å². The first kappa shape index (κ1) is 16.0. The lowest BCUT2D eigenvalue weighted by Gasteiger charge is -2.07. The minimum Gasteiger partial charge on any atom is -0.348 e. The Balaban J connectivity index is 1.83. The van der Waals surface area contributed by atoms with E-state index in [1.54, 1.807) is 18.5 Å². The molecule has 0 aliphatic rings. The lowest BCUT2D eigenvalue weighted by atomic mass is 10.2. The molecule has 0 aliphatic heterocycles. The molecule has 124 valence electrons. The molecule has 0 radical (unpaired) electrons. The van der Waals surface area contributed by atoms with E-state index in [9.17, 15) is 17.6 Å². The minimum absolute atomic E-state index is 0.0540. The molecule has 2 heterocycles. The molecule has 10 heteroatoms. The molecule has 0 saturated carbocycles. The number of carbonyl (C=O) groups excluding carboxylic acids is 1. The zero-order chi connectivity index (χ0) is 17.3. The van der Waals surface area contributed by atoms with Crippen LogP contribution >= 0.6 is 0 Å². The van der Waals surface area contributed by atoms with Crippen molar-refractivity contribution in [3.63, 3.8) is 0 Å². The number of nitrogens with two attached hydrogens (primary N) is 1. The summed E-state index contributed by atoms with van der Waals surface area (Å²) in [5.74, 6) is -1.62. The highest BCUT2D eigenvalue weighted by molar-refractivity contribution is 7.89. The van der Waals surface area contributed by atoms with Gasteiger partial charge < -0.3 is 5.32 Å². The second-order valence-corrected chi connectivity index (χ2v) is 6.49. The van der Waals surface area contributed by atoms with E-state index in [0.29, 0.717) is 11.2 Å². The summed E-state index contributed by atoms with van der Waals surface area (Å²) in [4.78, 5) is 15.9. The second-order valence-electron chi connectivity index (χ2n) is 4.93. The molecule has 0 unspecified atom stereocenters. The van der Waals surface area contributed by atoms with Gasteiger partial charge in [0.05, 0.1) is 16.7 Å². The number of fused-ring (bicyclic) bond motifs is 1. The number of halogens is 1. The number of hydrogen-bond donors (Lipinski definition) is 2. The number of nitrogens with one attached hydrogen (secondary N) is 1. The SMILES string of the molecule is NS(=O)(=O)c1ccc(F)c(C(=O)NCc2cnn3cccnc23)c1. The molecule has 3 rings (SSSR count). The van der Waals surface area contributed by atoms with Crippen LogP contribution in [0.3, 0.4) is 0 Å². The highest BCUT2D eigenvalue weighted by Crippen LogP contribution is 2.14. The zero-order valence-electron chi connectivity index (χ0n) is 12.2. The molecule has 2 aromatic heterocycles. The third kappa shape index (κ3) is 3.09. The highest BCUT2D eigenvalue weighted by atomic mass is 32.2. The van der Waals surface area contributed by atoms with Crippen molar-refractivity contribution in [3.05, 3.63) is 59.8 Å². The molecule has 0 bridgehead atoms. The van der Waals surface area contributed by atoms with Gasteiger partial charge >= 0.3 is 0 Å². The molecule has 1 amide bonds. The summed E-state index contributed by atoms with van der Waals surface area (Å²) in [5.41, 5.74) is 0.773. The van der Waals surface area contributed by atoms with Crippen LogP contribution in [0.4, 0.5) is 4.39 Å². The number of hydrogen-bond acceptors (Lipinski definition) is 5. The second kappa shape index (κ2) is 5.98. The molecule has 0 spiro atoms. The maximum absolute atomic E-state index is 13.8. The van der Waals surface area contributed by atoms with Crippen LogP contribution in [-0.2, 0) is 16.6 Å². The first-order valence-corrected chi connectivity index (χ1v) is 8.28. The molecule has 1 aromatic carbocycles. The van der Waals surface area contributed by atoms with E-state index in [1.807, 2.05) is 0 Å². The van der Waals surface area contributed by atoms with Crippen molar-refractivity contribution in [3.8, 4) is 0 Å². The number of benzene rings is 1. The van der Waals surface area contributed by atoms with Crippen molar-refractivity contribution in [2.75, 3.05) is 0 Å². The molecule has 24 heavy (non-hydrogen) atoms. The van der Waals surface area contributed by atoms with Crippen molar-refractivity contribution in [2.24, 2.45) is 5.14 Å². The van der Waals surface area contributed by atoms with Gasteiger partial charge in [0.15, 0.2) is 5.65 Å². The molecule has 0 aliphatic carbocycles. The summed E-state index contributed by atoms with van der Waals surface area (Å²) in [6, 6.07) is 4.48. The predicted octanol–water partition coefficient (Wildman–Crippen LogP) is 0.446. The third-order valence-electron chi connectivity index (χ3n) is 3.30. The van der Waals surface area contributed by atoms with Gasteiger partial charge in [-0.3, -0.25) is 4.79 Å². The standard InChI is InChI=1S/C14H12FN5O3S/c15-12-3-2-10(24(16,22)23)6-11(12)14(21)18-7-9-8-19-20-5-1-4-17-13(9)20/h1-6,8H,7H2,(H,18,21)(H2,16,22,23). The summed E-state index contributed by atoms with van der Waals surface area (Å²) >= 11 is 0. The maximum atomic E-state index is 13.8. The summed E-state index contributed by atoms with van der Waals surface area (Å²) < 4.78 is 38.0. The summed E-state index contributed by atoms with van der Waals surface area (Å²) in [6.07, 6.45) is 4.81. The van der Waals surface area contributed by atoms with Crippen molar-refractivity contribution in [2.45, 2.75) is 11.4 Å². The zero-order valence-corrected chi connectivity index (χ0v) is 13.0. The Kier molecular flexibility index (Phi) is 3.99. The van der Waals surface area contributed by atoms with Crippen molar-refractivity contribution in [1.29, 1.82) is 0 Å². The van der Waals surface area contributed by atoms with Gasteiger partial charge in [0.2, 0.25) is 10.0 Å². The minimum atomic E-state index is -4.03. The fourth-order valence-electron chi connectivity index (χ4n) is 2.13. The third-order valence-corrected chi connectivity index (χ3v) is 4.21. The van der Waals surface area contributed by atoms with Crippen molar-refractivity contribution < 1.29 is 17.6 Å². The Morgan fingerprint density at radius 1 is 1.38 bits per heavy atom. The number of amides is 1. The number of aromatic nitrogens is 3. The van der Waals surface area contributed by atoms with Crippen LogP contribution < -0.4 is 10.5 Å². The summed E-state index contributed by atoms with van der Waals surface area (Å²) in [7, 11) is -4.03. The van der Waals surface area contributed by atoms with Crippen LogP contribution in [0.1, 0.15) is 15.9 Å². The van der Waals surface area contributed by atoms with Gasteiger partial charge in [-0.2, -0.15) is 5.10 Å². The normalized spacial score (nSPS) is 11.6. The van der Waals surface area contributed by atoms with E-state index in [2.05, 4.69) is 15.4 Å². The van der Waals surface area contributed by atoms with Crippen LogP contribution in [0.5, 0.6) is 0 Å². The number of carbonyl (C=O) groups is 1. The highest BCUT2D eigenvalue weighted by Gasteiger charge is 2.17. The maximum Gasteiger partial charge on any atom is 0.254 e.